The van der Waals surface area contributed by atoms with Gasteiger partial charge in [-0.2, -0.15) is 0 Å². The van der Waals surface area contributed by atoms with E-state index in [9.17, 15) is 9.90 Å². The quantitative estimate of drug-likeness (QED) is 0.590. The number of nitrogens with zero attached hydrogens (tertiary/aromatic N) is 1. The van der Waals surface area contributed by atoms with Gasteiger partial charge in [0.15, 0.2) is 0 Å². The number of aliphatic hydroxyl groups excluding tert-OH is 1. The summed E-state index contributed by atoms with van der Waals surface area (Å²) in [7, 11) is 3.47. The number of benzene rings is 1. The molecular formula is C15H25N3O3. The van der Waals surface area contributed by atoms with E-state index in [1.807, 2.05) is 24.1 Å². The molecule has 1 amide bonds. The van der Waals surface area contributed by atoms with Crippen LogP contribution in [0, 0.1) is 0 Å². The van der Waals surface area contributed by atoms with Crippen LogP contribution in [0.2, 0.25) is 0 Å². The molecule has 1 rings (SSSR count). The zero-order valence-electron chi connectivity index (χ0n) is 12.7. The molecule has 6 nitrogen and oxygen atoms in total. The summed E-state index contributed by atoms with van der Waals surface area (Å²) in [5, 5.41) is 12.4. The van der Waals surface area contributed by atoms with Gasteiger partial charge in [-0.1, -0.05) is 12.1 Å². The third-order valence-electron chi connectivity index (χ3n) is 3.06. The number of aliphatic hydroxyl groups is 1. The molecule has 0 aromatic heterocycles. The van der Waals surface area contributed by atoms with Gasteiger partial charge in [-0.25, -0.2) is 0 Å². The Morgan fingerprint density at radius 2 is 2.19 bits per heavy atom. The molecule has 0 fully saturated rings. The van der Waals surface area contributed by atoms with E-state index in [0.717, 1.165) is 13.0 Å². The smallest absolute Gasteiger partial charge is 0.224 e. The zero-order valence-corrected chi connectivity index (χ0v) is 12.7. The number of amides is 1. The molecule has 0 aliphatic carbocycles. The number of rotatable bonds is 9. The number of hydrogen-bond acceptors (Lipinski definition) is 5. The van der Waals surface area contributed by atoms with Crippen LogP contribution in [0.25, 0.3) is 0 Å². The van der Waals surface area contributed by atoms with Crippen LogP contribution in [0.15, 0.2) is 24.3 Å². The van der Waals surface area contributed by atoms with Crippen molar-refractivity contribution < 1.29 is 14.6 Å². The highest BCUT2D eigenvalue weighted by molar-refractivity contribution is 5.93. The first-order valence-electron chi connectivity index (χ1n) is 7.02. The molecule has 0 saturated heterocycles. The molecule has 0 saturated carbocycles. The van der Waals surface area contributed by atoms with Gasteiger partial charge in [0.2, 0.25) is 5.91 Å². The van der Waals surface area contributed by atoms with Gasteiger partial charge < -0.3 is 25.8 Å². The average Bonchev–Trinajstić information content (AvgIpc) is 2.41. The summed E-state index contributed by atoms with van der Waals surface area (Å²) in [6.07, 6.45) is 0.631. The van der Waals surface area contributed by atoms with Gasteiger partial charge >= 0.3 is 0 Å². The number of nitrogens with two attached hydrogens (primary N) is 1. The van der Waals surface area contributed by atoms with Crippen molar-refractivity contribution >= 4 is 17.3 Å². The maximum atomic E-state index is 11.8. The monoisotopic (exact) mass is 295 g/mol. The second-order valence-electron chi connectivity index (χ2n) is 5.11. The molecule has 0 aliphatic heterocycles. The highest BCUT2D eigenvalue weighted by Crippen LogP contribution is 2.16. The van der Waals surface area contributed by atoms with E-state index < -0.39 is 6.10 Å². The minimum absolute atomic E-state index is 0.0567. The first-order chi connectivity index (χ1) is 10.0. The zero-order chi connectivity index (χ0) is 15.7. The van der Waals surface area contributed by atoms with Crippen molar-refractivity contribution in [3.8, 4) is 0 Å². The predicted molar refractivity (Wildman–Crippen MR) is 84.1 cm³/mol. The molecule has 1 aromatic carbocycles. The van der Waals surface area contributed by atoms with E-state index in [1.165, 1.54) is 0 Å². The van der Waals surface area contributed by atoms with E-state index in [-0.39, 0.29) is 5.91 Å². The van der Waals surface area contributed by atoms with Gasteiger partial charge in [0, 0.05) is 20.1 Å². The topological polar surface area (TPSA) is 87.8 Å². The minimum atomic E-state index is -0.502. The molecule has 0 aliphatic rings. The summed E-state index contributed by atoms with van der Waals surface area (Å²) in [4.78, 5) is 13.8. The number of hydrogen-bond donors (Lipinski definition) is 3. The van der Waals surface area contributed by atoms with Gasteiger partial charge in [-0.15, -0.1) is 0 Å². The number of para-hydroxylation sites is 2. The lowest BCUT2D eigenvalue weighted by atomic mass is 10.2. The number of ether oxygens (including phenoxy) is 1. The lowest BCUT2D eigenvalue weighted by molar-refractivity contribution is -0.116. The molecule has 1 unspecified atom stereocenters. The van der Waals surface area contributed by atoms with E-state index in [0.29, 0.717) is 30.9 Å². The molecular weight excluding hydrogens is 270 g/mol. The Balaban J connectivity index is 2.23. The van der Waals surface area contributed by atoms with Crippen molar-refractivity contribution in [1.82, 2.24) is 4.90 Å². The third-order valence-corrected chi connectivity index (χ3v) is 3.06. The molecule has 0 spiro atoms. The number of carbonyl (C=O) groups excluding carboxylic acids is 1. The Morgan fingerprint density at radius 3 is 2.86 bits per heavy atom. The molecule has 21 heavy (non-hydrogen) atoms. The molecule has 4 N–H and O–H groups in total. The van der Waals surface area contributed by atoms with Crippen LogP contribution in [-0.2, 0) is 9.53 Å². The standard InChI is InChI=1S/C15H25N3O3/c1-18(10-12(19)11-21-2)9-5-8-15(20)17-14-7-4-3-6-13(14)16/h3-4,6-7,12,19H,5,8-11,16H2,1-2H3,(H,17,20). The van der Waals surface area contributed by atoms with Crippen LogP contribution in [0.3, 0.4) is 0 Å². The first kappa shape index (κ1) is 17.4. The highest BCUT2D eigenvalue weighted by atomic mass is 16.5. The SMILES string of the molecule is COCC(O)CN(C)CCCC(=O)Nc1ccccc1N. The Hall–Kier alpha value is -1.63. The molecule has 6 heteroatoms. The summed E-state index contributed by atoms with van der Waals surface area (Å²) in [5.74, 6) is -0.0567. The van der Waals surface area contributed by atoms with E-state index in [2.05, 4.69) is 5.32 Å². The van der Waals surface area contributed by atoms with Gasteiger partial charge in [-0.05, 0) is 32.1 Å². The summed E-state index contributed by atoms with van der Waals surface area (Å²) >= 11 is 0. The molecule has 0 radical (unpaired) electrons. The number of methoxy groups -OCH3 is 1. The van der Waals surface area contributed by atoms with Crippen LogP contribution in [0.1, 0.15) is 12.8 Å². The summed E-state index contributed by atoms with van der Waals surface area (Å²) < 4.78 is 4.87. The van der Waals surface area contributed by atoms with Crippen LogP contribution in [0.4, 0.5) is 11.4 Å². The summed E-state index contributed by atoms with van der Waals surface area (Å²) in [5.41, 5.74) is 6.97. The fourth-order valence-electron chi connectivity index (χ4n) is 2.03. The third kappa shape index (κ3) is 7.08. The van der Waals surface area contributed by atoms with Crippen molar-refractivity contribution in [3.05, 3.63) is 24.3 Å². The largest absolute Gasteiger partial charge is 0.397 e. The fourth-order valence-corrected chi connectivity index (χ4v) is 2.03. The van der Waals surface area contributed by atoms with Crippen molar-refractivity contribution in [2.24, 2.45) is 0 Å². The van der Waals surface area contributed by atoms with Crippen LogP contribution < -0.4 is 11.1 Å². The first-order valence-corrected chi connectivity index (χ1v) is 7.02. The molecule has 0 heterocycles. The number of carbonyl (C=O) groups is 1. The lowest BCUT2D eigenvalue weighted by Crippen LogP contribution is -2.32. The number of likely N-dealkylation sites (N-methyl/N-ethyl adjacent to an activating group) is 1. The Labute approximate surface area is 125 Å². The maximum absolute atomic E-state index is 11.8. The molecule has 118 valence electrons. The number of nitrogens with one attached hydrogen (secondary N) is 1. The fraction of sp³-hybridized carbons (Fsp3) is 0.533. The molecule has 1 atom stereocenters. The van der Waals surface area contributed by atoms with Crippen LogP contribution in [-0.4, -0.2) is 55.9 Å². The summed E-state index contributed by atoms with van der Waals surface area (Å²) in [6.45, 7) is 1.58. The molecule has 1 aromatic rings. The Kier molecular flexibility index (Phi) is 7.74. The van der Waals surface area contributed by atoms with Gasteiger partial charge in [0.1, 0.15) is 0 Å². The Morgan fingerprint density at radius 1 is 1.48 bits per heavy atom. The van der Waals surface area contributed by atoms with Crippen molar-refractivity contribution in [1.29, 1.82) is 0 Å². The van der Waals surface area contributed by atoms with Crippen molar-refractivity contribution in [3.63, 3.8) is 0 Å². The highest BCUT2D eigenvalue weighted by Gasteiger charge is 2.09. The minimum Gasteiger partial charge on any atom is -0.397 e. The predicted octanol–water partition coefficient (Wildman–Crippen LogP) is 0.927. The lowest BCUT2D eigenvalue weighted by Gasteiger charge is -2.19. The van der Waals surface area contributed by atoms with E-state index in [4.69, 9.17) is 10.5 Å². The van der Waals surface area contributed by atoms with Crippen LogP contribution >= 0.6 is 0 Å². The van der Waals surface area contributed by atoms with E-state index in [1.54, 1.807) is 19.2 Å². The van der Waals surface area contributed by atoms with Crippen molar-refractivity contribution in [2.45, 2.75) is 18.9 Å². The number of nitrogen functional groups attached to an aromatic ring is 1. The average molecular weight is 295 g/mol. The summed E-state index contributed by atoms with van der Waals surface area (Å²) in [6, 6.07) is 7.18. The normalized spacial score (nSPS) is 12.4. The van der Waals surface area contributed by atoms with E-state index >= 15 is 0 Å². The van der Waals surface area contributed by atoms with Crippen molar-refractivity contribution in [2.75, 3.05) is 44.9 Å². The van der Waals surface area contributed by atoms with Gasteiger partial charge in [0.05, 0.1) is 24.1 Å². The maximum Gasteiger partial charge on any atom is 0.224 e. The van der Waals surface area contributed by atoms with Crippen LogP contribution in [0.5, 0.6) is 0 Å². The van der Waals surface area contributed by atoms with Gasteiger partial charge in [-0.3, -0.25) is 4.79 Å². The Bertz CT molecular complexity index is 440. The second-order valence-corrected chi connectivity index (χ2v) is 5.11. The number of anilines is 2. The second kappa shape index (κ2) is 9.33. The molecule has 0 bridgehead atoms. The van der Waals surface area contributed by atoms with Gasteiger partial charge in [0.25, 0.3) is 0 Å².